The molecule has 0 amide bonds. The Balaban J connectivity index is 0.000000195. The highest BCUT2D eigenvalue weighted by Crippen LogP contribution is 2.35. The van der Waals surface area contributed by atoms with E-state index in [9.17, 15) is 22.4 Å². The van der Waals surface area contributed by atoms with Crippen LogP contribution in [0.4, 0.5) is 17.6 Å². The molecule has 5 rings (SSSR count). The van der Waals surface area contributed by atoms with Crippen molar-refractivity contribution in [3.63, 3.8) is 0 Å². The van der Waals surface area contributed by atoms with E-state index in [1.165, 1.54) is 37.6 Å². The first-order valence-corrected chi connectivity index (χ1v) is 12.0. The zero-order valence-electron chi connectivity index (χ0n) is 20.5. The van der Waals surface area contributed by atoms with E-state index >= 15 is 0 Å². The molecule has 194 valence electrons. The van der Waals surface area contributed by atoms with Crippen LogP contribution >= 0.6 is 0 Å². The summed E-state index contributed by atoms with van der Waals surface area (Å²) in [6, 6.07) is 4.62. The monoisotopic (exact) mass is 514 g/mol. The number of aromatic nitrogens is 6. The maximum absolute atomic E-state index is 13.5. The van der Waals surface area contributed by atoms with Crippen molar-refractivity contribution in [3.05, 3.63) is 87.5 Å². The molecule has 0 aromatic carbocycles. The van der Waals surface area contributed by atoms with Crippen molar-refractivity contribution in [1.82, 2.24) is 29.5 Å². The van der Waals surface area contributed by atoms with Gasteiger partial charge < -0.3 is 0 Å². The fourth-order valence-corrected chi connectivity index (χ4v) is 4.57. The number of nitrogens with zero attached hydrogens (tertiary/aromatic N) is 6. The molecule has 37 heavy (non-hydrogen) atoms. The first kappa shape index (κ1) is 26.3. The lowest BCUT2D eigenvalue weighted by atomic mass is 9.83. The normalized spacial score (nSPS) is 14.3. The second-order valence-corrected chi connectivity index (χ2v) is 8.99. The molecule has 4 aromatic heterocycles. The molecule has 0 bridgehead atoms. The first-order chi connectivity index (χ1) is 17.6. The topological polar surface area (TPSA) is 86.5 Å². The highest BCUT2D eigenvalue weighted by atomic mass is 19.4. The summed E-state index contributed by atoms with van der Waals surface area (Å²) in [6.45, 7) is 3.27. The Labute approximate surface area is 210 Å². The zero-order chi connectivity index (χ0) is 26.6. The van der Waals surface area contributed by atoms with Crippen LogP contribution in [0.5, 0.6) is 0 Å². The molecule has 1 fully saturated rings. The number of pyridine rings is 2. The Hall–Kier alpha value is -3.76. The van der Waals surface area contributed by atoms with Crippen LogP contribution in [0.15, 0.2) is 47.8 Å². The predicted octanol–water partition coefficient (Wildman–Crippen LogP) is 5.53. The van der Waals surface area contributed by atoms with Gasteiger partial charge in [0.25, 0.3) is 5.56 Å². The minimum Gasteiger partial charge on any atom is -0.285 e. The van der Waals surface area contributed by atoms with Crippen molar-refractivity contribution in [1.29, 1.82) is 0 Å². The van der Waals surface area contributed by atoms with Gasteiger partial charge in [-0.05, 0) is 50.3 Å². The lowest BCUT2D eigenvalue weighted by molar-refractivity contribution is -0.142. The summed E-state index contributed by atoms with van der Waals surface area (Å²) in [5.41, 5.74) is 1.13. The van der Waals surface area contributed by atoms with Crippen LogP contribution in [0.1, 0.15) is 66.2 Å². The Morgan fingerprint density at radius 3 is 2.38 bits per heavy atom. The first-order valence-electron chi connectivity index (χ1n) is 12.0. The highest BCUT2D eigenvalue weighted by Gasteiger charge is 2.36. The summed E-state index contributed by atoms with van der Waals surface area (Å²) in [5.74, 6) is 0.161. The average Bonchev–Trinajstić information content (AvgIpc) is 2.86. The molecular weight excluding hydrogens is 488 g/mol. The molecule has 0 N–H and O–H groups in total. The summed E-state index contributed by atoms with van der Waals surface area (Å²) >= 11 is 0. The van der Waals surface area contributed by atoms with Crippen molar-refractivity contribution >= 4 is 11.2 Å². The molecule has 0 saturated heterocycles. The van der Waals surface area contributed by atoms with E-state index in [4.69, 9.17) is 0 Å². The fourth-order valence-electron chi connectivity index (χ4n) is 4.57. The quantitative estimate of drug-likeness (QED) is 0.264. The minimum atomic E-state index is -4.65. The number of alkyl halides is 3. The van der Waals surface area contributed by atoms with Gasteiger partial charge in [-0.2, -0.15) is 17.6 Å². The van der Waals surface area contributed by atoms with E-state index in [1.807, 2.05) is 13.0 Å². The molecule has 1 aliphatic rings. The molecule has 0 spiro atoms. The average molecular weight is 515 g/mol. The number of hydrogen-bond acceptors (Lipinski definition) is 6. The summed E-state index contributed by atoms with van der Waals surface area (Å²) < 4.78 is 53.7. The molecule has 0 unspecified atom stereocenters. The molecule has 0 radical (unpaired) electrons. The standard InChI is InChI=1S/C14H10F3N5O.C12H16FN/c1-8-6-20-9-2-3-11(23)22(13(9)21-8)7-10-12(14(15,16)17)19-5-4-18-10;1-9-7-8-14-12(13)11(9)10-5-3-2-4-6-10/h2-6H,7H2,1H3;7-8,10H,2-6H2,1H3. The van der Waals surface area contributed by atoms with Gasteiger partial charge in [0, 0.05) is 36.4 Å². The van der Waals surface area contributed by atoms with Crippen molar-refractivity contribution in [2.75, 3.05) is 0 Å². The van der Waals surface area contributed by atoms with E-state index in [0.717, 1.165) is 40.9 Å². The maximum atomic E-state index is 13.5. The van der Waals surface area contributed by atoms with Crippen LogP contribution in [0, 0.1) is 19.8 Å². The van der Waals surface area contributed by atoms with E-state index in [-0.39, 0.29) is 17.3 Å². The SMILES string of the molecule is Cc1ccnc(F)c1C1CCCCC1.Cc1cnc2ccc(=O)n(Cc3nccnc3C(F)(F)F)c2n1. The largest absolute Gasteiger partial charge is 0.435 e. The smallest absolute Gasteiger partial charge is 0.285 e. The lowest BCUT2D eigenvalue weighted by Gasteiger charge is -2.23. The van der Waals surface area contributed by atoms with Gasteiger partial charge in [0.2, 0.25) is 5.95 Å². The minimum absolute atomic E-state index is 0.205. The van der Waals surface area contributed by atoms with Gasteiger partial charge in [0.1, 0.15) is 5.52 Å². The second kappa shape index (κ2) is 11.1. The van der Waals surface area contributed by atoms with Crippen molar-refractivity contribution in [2.24, 2.45) is 0 Å². The third kappa shape index (κ3) is 6.15. The van der Waals surface area contributed by atoms with Crippen molar-refractivity contribution < 1.29 is 17.6 Å². The van der Waals surface area contributed by atoms with E-state index in [0.29, 0.717) is 17.1 Å². The molecule has 7 nitrogen and oxygen atoms in total. The summed E-state index contributed by atoms with van der Waals surface area (Å²) in [5, 5.41) is 0. The van der Waals surface area contributed by atoms with E-state index in [1.54, 1.807) is 13.1 Å². The van der Waals surface area contributed by atoms with Gasteiger partial charge >= 0.3 is 6.18 Å². The third-order valence-corrected chi connectivity index (χ3v) is 6.33. The van der Waals surface area contributed by atoms with Gasteiger partial charge in [-0.3, -0.25) is 19.3 Å². The highest BCUT2D eigenvalue weighted by molar-refractivity contribution is 5.69. The fraction of sp³-hybridized carbons (Fsp3) is 0.385. The molecule has 0 atom stereocenters. The predicted molar refractivity (Wildman–Crippen MR) is 129 cm³/mol. The Morgan fingerprint density at radius 1 is 0.946 bits per heavy atom. The number of hydrogen-bond donors (Lipinski definition) is 0. The van der Waals surface area contributed by atoms with Crippen LogP contribution in [0.2, 0.25) is 0 Å². The lowest BCUT2D eigenvalue weighted by Crippen LogP contribution is -2.24. The van der Waals surface area contributed by atoms with E-state index < -0.39 is 24.0 Å². The Bertz CT molecular complexity index is 1430. The number of fused-ring (bicyclic) bond motifs is 1. The third-order valence-electron chi connectivity index (χ3n) is 6.33. The van der Waals surface area contributed by atoms with Crippen LogP contribution in [-0.2, 0) is 12.7 Å². The van der Waals surface area contributed by atoms with Crippen LogP contribution in [-0.4, -0.2) is 29.5 Å². The van der Waals surface area contributed by atoms with Crippen molar-refractivity contribution in [2.45, 2.75) is 64.6 Å². The van der Waals surface area contributed by atoms with Gasteiger partial charge in [0.05, 0.1) is 17.9 Å². The summed E-state index contributed by atoms with van der Waals surface area (Å²) in [7, 11) is 0. The molecule has 0 aliphatic heterocycles. The van der Waals surface area contributed by atoms with Gasteiger partial charge in [0.15, 0.2) is 11.3 Å². The number of aryl methyl sites for hydroxylation is 2. The van der Waals surface area contributed by atoms with Crippen molar-refractivity contribution in [3.8, 4) is 0 Å². The molecule has 1 saturated carbocycles. The zero-order valence-corrected chi connectivity index (χ0v) is 20.5. The number of halogens is 4. The maximum Gasteiger partial charge on any atom is 0.435 e. The molecule has 1 aliphatic carbocycles. The van der Waals surface area contributed by atoms with Gasteiger partial charge in [-0.1, -0.05) is 19.3 Å². The molecule has 4 aromatic rings. The van der Waals surface area contributed by atoms with Crippen LogP contribution in [0.3, 0.4) is 0 Å². The van der Waals surface area contributed by atoms with E-state index in [2.05, 4.69) is 24.9 Å². The summed E-state index contributed by atoms with van der Waals surface area (Å²) in [4.78, 5) is 31.2. The molecule has 11 heteroatoms. The van der Waals surface area contributed by atoms with Crippen LogP contribution < -0.4 is 5.56 Å². The Morgan fingerprint density at radius 2 is 1.68 bits per heavy atom. The van der Waals surface area contributed by atoms with Gasteiger partial charge in [-0.15, -0.1) is 0 Å². The molecule has 4 heterocycles. The Kier molecular flexibility index (Phi) is 7.89. The molecular formula is C26H26F4N6O. The van der Waals surface area contributed by atoms with Crippen LogP contribution in [0.25, 0.3) is 11.2 Å². The summed E-state index contributed by atoms with van der Waals surface area (Å²) in [6.07, 6.45) is 6.55. The second-order valence-electron chi connectivity index (χ2n) is 8.99. The van der Waals surface area contributed by atoms with Gasteiger partial charge in [-0.25, -0.2) is 15.0 Å². The number of rotatable bonds is 3.